The zero-order valence-corrected chi connectivity index (χ0v) is 12.5. The smallest absolute Gasteiger partial charge is 0.342 e. The van der Waals surface area contributed by atoms with Crippen LogP contribution in [0.25, 0.3) is 0 Å². The number of methoxy groups -OCH3 is 1. The van der Waals surface area contributed by atoms with Gasteiger partial charge in [0.05, 0.1) is 19.8 Å². The van der Waals surface area contributed by atoms with Crippen molar-refractivity contribution in [1.29, 1.82) is 0 Å². The zero-order valence-electron chi connectivity index (χ0n) is 10.9. The summed E-state index contributed by atoms with van der Waals surface area (Å²) in [5, 5.41) is 9.84. The highest BCUT2D eigenvalue weighted by atomic mass is 79.9. The molecule has 1 N–H and O–H groups in total. The highest BCUT2D eigenvalue weighted by molar-refractivity contribution is 9.09. The van der Waals surface area contributed by atoms with Gasteiger partial charge in [-0.05, 0) is 25.1 Å². The van der Waals surface area contributed by atoms with Gasteiger partial charge >= 0.3 is 5.97 Å². The van der Waals surface area contributed by atoms with Crippen molar-refractivity contribution in [3.05, 3.63) is 23.8 Å². The number of carbonyl (C=O) groups excluding carboxylic acids is 1. The fourth-order valence-corrected chi connectivity index (χ4v) is 1.55. The number of aliphatic hydroxyl groups excluding tert-OH is 1. The van der Waals surface area contributed by atoms with Gasteiger partial charge < -0.3 is 19.3 Å². The van der Waals surface area contributed by atoms with E-state index in [2.05, 4.69) is 15.9 Å². The maximum Gasteiger partial charge on any atom is 0.342 e. The van der Waals surface area contributed by atoms with Crippen LogP contribution in [0.3, 0.4) is 0 Å². The molecule has 5 nitrogen and oxygen atoms in total. The largest absolute Gasteiger partial charge is 0.497 e. The van der Waals surface area contributed by atoms with Gasteiger partial charge in [-0.25, -0.2) is 4.79 Å². The summed E-state index contributed by atoms with van der Waals surface area (Å²) in [5.41, 5.74) is 0.281. The van der Waals surface area contributed by atoms with Crippen LogP contribution < -0.4 is 9.47 Å². The third kappa shape index (κ3) is 4.72. The molecule has 0 aliphatic heterocycles. The molecule has 1 aromatic rings. The normalized spacial score (nSPS) is 11.8. The molecule has 1 unspecified atom stereocenters. The summed E-state index contributed by atoms with van der Waals surface area (Å²) in [5.74, 6) is 0.417. The van der Waals surface area contributed by atoms with E-state index in [0.717, 1.165) is 0 Å². The van der Waals surface area contributed by atoms with Gasteiger partial charge in [-0.2, -0.15) is 0 Å². The average molecular weight is 333 g/mol. The first kappa shape index (κ1) is 15.8. The highest BCUT2D eigenvalue weighted by Crippen LogP contribution is 2.25. The molecule has 19 heavy (non-hydrogen) atoms. The van der Waals surface area contributed by atoms with Crippen LogP contribution in [0.5, 0.6) is 11.5 Å². The van der Waals surface area contributed by atoms with Crippen LogP contribution >= 0.6 is 15.9 Å². The Morgan fingerprint density at radius 2 is 2.21 bits per heavy atom. The summed E-state index contributed by atoms with van der Waals surface area (Å²) >= 11 is 3.14. The Hall–Kier alpha value is -1.27. The molecule has 0 aromatic heterocycles. The molecule has 106 valence electrons. The van der Waals surface area contributed by atoms with E-state index in [1.165, 1.54) is 7.11 Å². The molecule has 0 amide bonds. The van der Waals surface area contributed by atoms with Crippen LogP contribution in [0.2, 0.25) is 0 Å². The second-order valence-electron chi connectivity index (χ2n) is 3.70. The topological polar surface area (TPSA) is 65.0 Å². The average Bonchev–Trinajstić information content (AvgIpc) is 2.44. The minimum absolute atomic E-state index is 0.0873. The van der Waals surface area contributed by atoms with Crippen LogP contribution in [0, 0.1) is 0 Å². The standard InChI is InChI=1S/C13H17BrO5/c1-3-18-13(16)11-6-10(17-2)4-5-12(11)19-8-9(15)7-14/h4-6,9,15H,3,7-8H2,1-2H3. The number of ether oxygens (including phenoxy) is 3. The van der Waals surface area contributed by atoms with E-state index in [1.54, 1.807) is 25.1 Å². The first-order chi connectivity index (χ1) is 9.12. The quantitative estimate of drug-likeness (QED) is 0.611. The SMILES string of the molecule is CCOC(=O)c1cc(OC)ccc1OCC(O)CBr. The van der Waals surface area contributed by atoms with Crippen LogP contribution in [0.4, 0.5) is 0 Å². The van der Waals surface area contributed by atoms with Crippen molar-refractivity contribution >= 4 is 21.9 Å². The van der Waals surface area contributed by atoms with Gasteiger partial charge in [-0.1, -0.05) is 15.9 Å². The lowest BCUT2D eigenvalue weighted by atomic mass is 10.2. The molecule has 0 fully saturated rings. The lowest BCUT2D eigenvalue weighted by Crippen LogP contribution is -2.20. The van der Waals surface area contributed by atoms with Crippen LogP contribution in [0.15, 0.2) is 18.2 Å². The predicted octanol–water partition coefficient (Wildman–Crippen LogP) is 2.01. The molecule has 0 heterocycles. The fraction of sp³-hybridized carbons (Fsp3) is 0.462. The summed E-state index contributed by atoms with van der Waals surface area (Å²) in [7, 11) is 1.51. The van der Waals surface area contributed by atoms with Crippen LogP contribution in [-0.4, -0.2) is 42.8 Å². The zero-order chi connectivity index (χ0) is 14.3. The lowest BCUT2D eigenvalue weighted by molar-refractivity contribution is 0.0517. The molecule has 0 saturated carbocycles. The number of aliphatic hydroxyl groups is 1. The molecule has 0 aliphatic carbocycles. The van der Waals surface area contributed by atoms with Gasteiger partial charge in [-0.3, -0.25) is 0 Å². The van der Waals surface area contributed by atoms with E-state index >= 15 is 0 Å². The molecule has 0 radical (unpaired) electrons. The summed E-state index contributed by atoms with van der Waals surface area (Å²) in [4.78, 5) is 11.8. The molecule has 1 aromatic carbocycles. The minimum atomic E-state index is -0.642. The monoisotopic (exact) mass is 332 g/mol. The van der Waals surface area contributed by atoms with E-state index in [4.69, 9.17) is 14.2 Å². The van der Waals surface area contributed by atoms with Gasteiger partial charge in [0.1, 0.15) is 23.7 Å². The number of halogens is 1. The summed E-state index contributed by atoms with van der Waals surface area (Å²) in [6.07, 6.45) is -0.642. The maximum absolute atomic E-state index is 11.8. The number of esters is 1. The Balaban J connectivity index is 2.91. The molecular weight excluding hydrogens is 316 g/mol. The van der Waals surface area contributed by atoms with E-state index in [-0.39, 0.29) is 18.8 Å². The van der Waals surface area contributed by atoms with Crippen molar-refractivity contribution < 1.29 is 24.1 Å². The van der Waals surface area contributed by atoms with E-state index in [0.29, 0.717) is 16.8 Å². The minimum Gasteiger partial charge on any atom is -0.497 e. The van der Waals surface area contributed by atoms with Gasteiger partial charge in [0, 0.05) is 5.33 Å². The van der Waals surface area contributed by atoms with Crippen molar-refractivity contribution in [3.8, 4) is 11.5 Å². The first-order valence-electron chi connectivity index (χ1n) is 5.84. The Bertz CT molecular complexity index is 421. The first-order valence-corrected chi connectivity index (χ1v) is 6.96. The van der Waals surface area contributed by atoms with Gasteiger partial charge in [0.15, 0.2) is 0 Å². The van der Waals surface area contributed by atoms with Gasteiger partial charge in [0.2, 0.25) is 0 Å². The Labute approximate surface area is 120 Å². The highest BCUT2D eigenvalue weighted by Gasteiger charge is 2.16. The molecule has 6 heteroatoms. The third-order valence-corrected chi connectivity index (χ3v) is 3.04. The van der Waals surface area contributed by atoms with Crippen molar-refractivity contribution in [2.45, 2.75) is 13.0 Å². The number of hydrogen-bond acceptors (Lipinski definition) is 5. The van der Waals surface area contributed by atoms with Crippen LogP contribution in [-0.2, 0) is 4.74 Å². The van der Waals surface area contributed by atoms with Gasteiger partial charge in [0.25, 0.3) is 0 Å². The van der Waals surface area contributed by atoms with Crippen molar-refractivity contribution in [2.75, 3.05) is 25.7 Å². The second-order valence-corrected chi connectivity index (χ2v) is 4.35. The molecule has 0 aliphatic rings. The molecule has 0 saturated heterocycles. The van der Waals surface area contributed by atoms with Crippen LogP contribution in [0.1, 0.15) is 17.3 Å². The molecule has 0 bridgehead atoms. The number of carbonyl (C=O) groups is 1. The van der Waals surface area contributed by atoms with Gasteiger partial charge in [-0.15, -0.1) is 0 Å². The second kappa shape index (κ2) is 8.01. The summed E-state index contributed by atoms with van der Waals surface area (Å²) in [6.45, 7) is 2.09. The third-order valence-electron chi connectivity index (χ3n) is 2.29. The Morgan fingerprint density at radius 3 is 2.79 bits per heavy atom. The van der Waals surface area contributed by atoms with Crippen molar-refractivity contribution in [2.24, 2.45) is 0 Å². The molecule has 0 spiro atoms. The maximum atomic E-state index is 11.8. The molecular formula is C13H17BrO5. The number of hydrogen-bond donors (Lipinski definition) is 1. The number of alkyl halides is 1. The Morgan fingerprint density at radius 1 is 1.47 bits per heavy atom. The molecule has 1 atom stereocenters. The van der Waals surface area contributed by atoms with E-state index in [1.807, 2.05) is 0 Å². The summed E-state index contributed by atoms with van der Waals surface area (Å²) < 4.78 is 15.4. The summed E-state index contributed by atoms with van der Waals surface area (Å²) in [6, 6.07) is 4.85. The Kier molecular flexibility index (Phi) is 6.66. The number of benzene rings is 1. The van der Waals surface area contributed by atoms with Crippen molar-refractivity contribution in [3.63, 3.8) is 0 Å². The fourth-order valence-electron chi connectivity index (χ4n) is 1.36. The van der Waals surface area contributed by atoms with Crippen molar-refractivity contribution in [1.82, 2.24) is 0 Å². The predicted molar refractivity (Wildman–Crippen MR) is 74.2 cm³/mol. The van der Waals surface area contributed by atoms with E-state index < -0.39 is 12.1 Å². The lowest BCUT2D eigenvalue weighted by Gasteiger charge is -2.14. The van der Waals surface area contributed by atoms with E-state index in [9.17, 15) is 9.90 Å². The number of rotatable bonds is 7. The molecule has 1 rings (SSSR count).